The van der Waals surface area contributed by atoms with Gasteiger partial charge in [0.2, 0.25) is 5.91 Å². The van der Waals surface area contributed by atoms with Gasteiger partial charge in [0.1, 0.15) is 0 Å². The van der Waals surface area contributed by atoms with Crippen LogP contribution in [0.3, 0.4) is 0 Å². The van der Waals surface area contributed by atoms with E-state index in [4.69, 9.17) is 0 Å². The van der Waals surface area contributed by atoms with Crippen molar-refractivity contribution in [2.45, 2.75) is 39.2 Å². The lowest BCUT2D eigenvalue weighted by Gasteiger charge is -2.37. The molecule has 2 aliphatic rings. The molecule has 0 spiro atoms. The molecular formula is C18H27N3O. The highest BCUT2D eigenvalue weighted by atomic mass is 16.2. The standard InChI is InChI=1S/C18H27N3O/c1-14-5-3-7-17(15(14)2)20-9-11-21(12-10-20)18(22)13-16-6-4-8-19-16/h3,5,7,16,19H,4,6,8-13H2,1-2H3. The van der Waals surface area contributed by atoms with Crippen molar-refractivity contribution in [3.63, 3.8) is 0 Å². The smallest absolute Gasteiger partial charge is 0.224 e. The minimum absolute atomic E-state index is 0.319. The van der Waals surface area contributed by atoms with Gasteiger partial charge in [-0.05, 0) is 50.4 Å². The fraction of sp³-hybridized carbons (Fsp3) is 0.611. The van der Waals surface area contributed by atoms with Gasteiger partial charge < -0.3 is 15.1 Å². The van der Waals surface area contributed by atoms with Gasteiger partial charge in [-0.3, -0.25) is 4.79 Å². The first-order chi connectivity index (χ1) is 10.6. The number of nitrogens with zero attached hydrogens (tertiary/aromatic N) is 2. The van der Waals surface area contributed by atoms with Crippen LogP contribution in [0.5, 0.6) is 0 Å². The number of benzene rings is 1. The van der Waals surface area contributed by atoms with Crippen molar-refractivity contribution in [2.75, 3.05) is 37.6 Å². The molecule has 0 radical (unpaired) electrons. The maximum Gasteiger partial charge on any atom is 0.224 e. The number of carbonyl (C=O) groups excluding carboxylic acids is 1. The molecule has 1 N–H and O–H groups in total. The summed E-state index contributed by atoms with van der Waals surface area (Å²) < 4.78 is 0. The second-order valence-corrected chi connectivity index (χ2v) is 6.58. The Morgan fingerprint density at radius 3 is 2.68 bits per heavy atom. The molecule has 1 amide bonds. The fourth-order valence-corrected chi connectivity index (χ4v) is 3.55. The Morgan fingerprint density at radius 1 is 1.23 bits per heavy atom. The van der Waals surface area contributed by atoms with E-state index >= 15 is 0 Å². The number of carbonyl (C=O) groups is 1. The molecular weight excluding hydrogens is 274 g/mol. The number of piperazine rings is 1. The average Bonchev–Trinajstić information content (AvgIpc) is 3.03. The van der Waals surface area contributed by atoms with Crippen molar-refractivity contribution in [2.24, 2.45) is 0 Å². The molecule has 22 heavy (non-hydrogen) atoms. The van der Waals surface area contributed by atoms with Crippen LogP contribution in [0.25, 0.3) is 0 Å². The Hall–Kier alpha value is -1.55. The molecule has 4 nitrogen and oxygen atoms in total. The number of hydrogen-bond acceptors (Lipinski definition) is 3. The molecule has 1 aromatic carbocycles. The maximum absolute atomic E-state index is 12.4. The molecule has 120 valence electrons. The van der Waals surface area contributed by atoms with Gasteiger partial charge in [0.15, 0.2) is 0 Å². The van der Waals surface area contributed by atoms with Crippen LogP contribution in [0, 0.1) is 13.8 Å². The van der Waals surface area contributed by atoms with Gasteiger partial charge in [-0.1, -0.05) is 12.1 Å². The van der Waals surface area contributed by atoms with Crippen LogP contribution in [0.4, 0.5) is 5.69 Å². The first kappa shape index (κ1) is 15.3. The predicted octanol–water partition coefficient (Wildman–Crippen LogP) is 2.09. The molecule has 1 atom stereocenters. The number of anilines is 1. The van der Waals surface area contributed by atoms with Crippen molar-refractivity contribution in [1.82, 2.24) is 10.2 Å². The lowest BCUT2D eigenvalue weighted by Crippen LogP contribution is -2.49. The van der Waals surface area contributed by atoms with Gasteiger partial charge >= 0.3 is 0 Å². The second-order valence-electron chi connectivity index (χ2n) is 6.58. The monoisotopic (exact) mass is 301 g/mol. The number of aryl methyl sites for hydroxylation is 1. The van der Waals surface area contributed by atoms with E-state index in [0.717, 1.165) is 39.1 Å². The minimum atomic E-state index is 0.319. The Kier molecular flexibility index (Phi) is 4.67. The van der Waals surface area contributed by atoms with Crippen LogP contribution in [-0.4, -0.2) is 49.6 Å². The predicted molar refractivity (Wildman–Crippen MR) is 90.4 cm³/mol. The number of rotatable bonds is 3. The summed E-state index contributed by atoms with van der Waals surface area (Å²) in [6, 6.07) is 6.89. The summed E-state index contributed by atoms with van der Waals surface area (Å²) in [6.07, 6.45) is 3.02. The first-order valence-corrected chi connectivity index (χ1v) is 8.47. The number of amides is 1. The summed E-state index contributed by atoms with van der Waals surface area (Å²) in [5, 5.41) is 3.42. The van der Waals surface area contributed by atoms with E-state index in [9.17, 15) is 4.79 Å². The Balaban J connectivity index is 1.55. The fourth-order valence-electron chi connectivity index (χ4n) is 3.55. The Morgan fingerprint density at radius 2 is 2.00 bits per heavy atom. The maximum atomic E-state index is 12.4. The number of nitrogens with one attached hydrogen (secondary N) is 1. The molecule has 2 fully saturated rings. The van der Waals surface area contributed by atoms with E-state index < -0.39 is 0 Å². The van der Waals surface area contributed by atoms with Crippen molar-refractivity contribution < 1.29 is 4.79 Å². The molecule has 0 aromatic heterocycles. The topological polar surface area (TPSA) is 35.6 Å². The zero-order valence-electron chi connectivity index (χ0n) is 13.8. The van der Waals surface area contributed by atoms with Crippen LogP contribution in [-0.2, 0) is 4.79 Å². The molecule has 0 aliphatic carbocycles. The molecule has 0 saturated carbocycles. The van der Waals surface area contributed by atoms with E-state index in [2.05, 4.69) is 42.3 Å². The summed E-state index contributed by atoms with van der Waals surface area (Å²) >= 11 is 0. The normalized spacial score (nSPS) is 22.2. The third-order valence-electron chi connectivity index (χ3n) is 5.13. The van der Waals surface area contributed by atoms with E-state index in [0.29, 0.717) is 18.4 Å². The van der Waals surface area contributed by atoms with Crippen LogP contribution in [0.1, 0.15) is 30.4 Å². The average molecular weight is 301 g/mol. The highest BCUT2D eigenvalue weighted by molar-refractivity contribution is 5.77. The lowest BCUT2D eigenvalue weighted by atomic mass is 10.1. The van der Waals surface area contributed by atoms with Gasteiger partial charge in [0.05, 0.1) is 0 Å². The zero-order valence-corrected chi connectivity index (χ0v) is 13.8. The van der Waals surface area contributed by atoms with Gasteiger partial charge in [0.25, 0.3) is 0 Å². The highest BCUT2D eigenvalue weighted by Gasteiger charge is 2.25. The van der Waals surface area contributed by atoms with Gasteiger partial charge in [0, 0.05) is 44.3 Å². The highest BCUT2D eigenvalue weighted by Crippen LogP contribution is 2.24. The van der Waals surface area contributed by atoms with Crippen molar-refractivity contribution in [3.05, 3.63) is 29.3 Å². The van der Waals surface area contributed by atoms with Crippen LogP contribution in [0.2, 0.25) is 0 Å². The van der Waals surface area contributed by atoms with Gasteiger partial charge in [-0.2, -0.15) is 0 Å². The number of hydrogen-bond donors (Lipinski definition) is 1. The summed E-state index contributed by atoms with van der Waals surface area (Å²) in [7, 11) is 0. The zero-order chi connectivity index (χ0) is 15.5. The Labute approximate surface area is 133 Å². The molecule has 2 heterocycles. The molecule has 1 unspecified atom stereocenters. The molecule has 0 bridgehead atoms. The van der Waals surface area contributed by atoms with Crippen molar-refractivity contribution in [3.8, 4) is 0 Å². The van der Waals surface area contributed by atoms with E-state index in [1.54, 1.807) is 0 Å². The minimum Gasteiger partial charge on any atom is -0.368 e. The Bertz CT molecular complexity index is 529. The molecule has 1 aromatic rings. The second kappa shape index (κ2) is 6.69. The van der Waals surface area contributed by atoms with Crippen molar-refractivity contribution >= 4 is 11.6 Å². The largest absolute Gasteiger partial charge is 0.368 e. The van der Waals surface area contributed by atoms with Gasteiger partial charge in [-0.25, -0.2) is 0 Å². The molecule has 2 saturated heterocycles. The first-order valence-electron chi connectivity index (χ1n) is 8.47. The lowest BCUT2D eigenvalue weighted by molar-refractivity contribution is -0.131. The van der Waals surface area contributed by atoms with Crippen molar-refractivity contribution in [1.29, 1.82) is 0 Å². The summed E-state index contributed by atoms with van der Waals surface area (Å²) in [4.78, 5) is 16.8. The van der Waals surface area contributed by atoms with E-state index in [-0.39, 0.29) is 0 Å². The molecule has 2 aliphatic heterocycles. The quantitative estimate of drug-likeness (QED) is 0.928. The van der Waals surface area contributed by atoms with E-state index in [1.165, 1.54) is 23.2 Å². The SMILES string of the molecule is Cc1cccc(N2CCN(C(=O)CC3CCCN3)CC2)c1C. The third kappa shape index (κ3) is 3.27. The van der Waals surface area contributed by atoms with Gasteiger partial charge in [-0.15, -0.1) is 0 Å². The summed E-state index contributed by atoms with van der Waals surface area (Å²) in [6.45, 7) is 8.99. The van der Waals surface area contributed by atoms with E-state index in [1.807, 2.05) is 4.90 Å². The molecule has 3 rings (SSSR count). The van der Waals surface area contributed by atoms with Crippen LogP contribution in [0.15, 0.2) is 18.2 Å². The summed E-state index contributed by atoms with van der Waals surface area (Å²) in [5.41, 5.74) is 4.02. The van der Waals surface area contributed by atoms with Crippen LogP contribution >= 0.6 is 0 Å². The van der Waals surface area contributed by atoms with Crippen LogP contribution < -0.4 is 10.2 Å². The molecule has 4 heteroatoms. The third-order valence-corrected chi connectivity index (χ3v) is 5.13. The summed E-state index contributed by atoms with van der Waals surface area (Å²) in [5.74, 6) is 0.319.